The maximum absolute atomic E-state index is 13.0. The number of hydrogen-bond donors (Lipinski definition) is 1. The maximum atomic E-state index is 13.0. The van der Waals surface area contributed by atoms with Crippen LogP contribution in [0.5, 0.6) is 0 Å². The van der Waals surface area contributed by atoms with Crippen molar-refractivity contribution in [3.05, 3.63) is 90.7 Å². The summed E-state index contributed by atoms with van der Waals surface area (Å²) in [5.41, 5.74) is 2.57. The molecule has 5 nitrogen and oxygen atoms in total. The summed E-state index contributed by atoms with van der Waals surface area (Å²) in [6, 6.07) is 25.7. The fourth-order valence-electron chi connectivity index (χ4n) is 3.10. The van der Waals surface area contributed by atoms with Crippen LogP contribution in [-0.4, -0.2) is 26.4 Å². The second kappa shape index (κ2) is 10.0. The van der Waals surface area contributed by atoms with Gasteiger partial charge in [0.1, 0.15) is 5.82 Å². The average molecular weight is 433 g/mol. The minimum atomic E-state index is -0.327. The van der Waals surface area contributed by atoms with Crippen LogP contribution in [0, 0.1) is 5.82 Å². The van der Waals surface area contributed by atoms with Crippen molar-refractivity contribution in [1.29, 1.82) is 0 Å². The number of nitrogens with zero attached hydrogens (tertiary/aromatic N) is 3. The van der Waals surface area contributed by atoms with E-state index in [1.165, 1.54) is 12.1 Å². The number of carbonyl (C=O) groups excluding carboxylic acids is 1. The molecule has 0 aliphatic rings. The second-order valence-corrected chi connectivity index (χ2v) is 7.91. The first-order valence-corrected chi connectivity index (χ1v) is 10.9. The minimum Gasteiger partial charge on any atom is -0.326 e. The van der Waals surface area contributed by atoms with Gasteiger partial charge in [-0.25, -0.2) is 4.39 Å². The number of anilines is 1. The molecular formula is C24H21FN4OS. The van der Waals surface area contributed by atoms with Crippen molar-refractivity contribution < 1.29 is 9.18 Å². The molecule has 0 saturated heterocycles. The van der Waals surface area contributed by atoms with Gasteiger partial charge in [0.15, 0.2) is 11.0 Å². The molecule has 4 rings (SSSR count). The van der Waals surface area contributed by atoms with E-state index in [1.807, 2.05) is 65.2 Å². The molecule has 0 aliphatic carbocycles. The number of nitrogens with one attached hydrogen (secondary N) is 1. The quantitative estimate of drug-likeness (QED) is 0.291. The number of hydrogen-bond acceptors (Lipinski definition) is 4. The molecule has 1 amide bonds. The average Bonchev–Trinajstić information content (AvgIpc) is 3.23. The van der Waals surface area contributed by atoms with Crippen molar-refractivity contribution in [1.82, 2.24) is 14.8 Å². The van der Waals surface area contributed by atoms with Gasteiger partial charge in [-0.2, -0.15) is 0 Å². The SMILES string of the molecule is O=C(CCCSc1nnc(-c2ccccc2)n1-c1ccccc1)Nc1ccc(F)cc1. The second-order valence-electron chi connectivity index (χ2n) is 6.85. The lowest BCUT2D eigenvalue weighted by Gasteiger charge is -2.10. The maximum Gasteiger partial charge on any atom is 0.224 e. The van der Waals surface area contributed by atoms with E-state index in [1.54, 1.807) is 23.9 Å². The Morgan fingerprint density at radius 1 is 0.903 bits per heavy atom. The van der Waals surface area contributed by atoms with Gasteiger partial charge in [-0.15, -0.1) is 10.2 Å². The molecule has 0 aliphatic heterocycles. The standard InChI is InChI=1S/C24H21FN4OS/c25-19-13-15-20(16-14-19)26-22(30)12-7-17-31-24-28-27-23(18-8-3-1-4-9-18)29(24)21-10-5-2-6-11-21/h1-6,8-11,13-16H,7,12,17H2,(H,26,30). The van der Waals surface area contributed by atoms with Gasteiger partial charge in [-0.05, 0) is 42.8 Å². The Kier molecular flexibility index (Phi) is 6.74. The molecule has 0 bridgehead atoms. The van der Waals surface area contributed by atoms with Crippen LogP contribution in [0.3, 0.4) is 0 Å². The third-order valence-corrected chi connectivity index (χ3v) is 5.60. The van der Waals surface area contributed by atoms with Crippen LogP contribution >= 0.6 is 11.8 Å². The molecule has 4 aromatic rings. The summed E-state index contributed by atoms with van der Waals surface area (Å²) in [6.45, 7) is 0. The van der Waals surface area contributed by atoms with E-state index in [2.05, 4.69) is 15.5 Å². The molecule has 1 heterocycles. The van der Waals surface area contributed by atoms with E-state index in [-0.39, 0.29) is 11.7 Å². The Morgan fingerprint density at radius 2 is 1.58 bits per heavy atom. The van der Waals surface area contributed by atoms with Gasteiger partial charge in [0.05, 0.1) is 0 Å². The number of carbonyl (C=O) groups is 1. The summed E-state index contributed by atoms with van der Waals surface area (Å²) >= 11 is 1.57. The molecule has 0 atom stereocenters. The normalized spacial score (nSPS) is 10.7. The number of aromatic nitrogens is 3. The first-order valence-electron chi connectivity index (χ1n) is 9.95. The molecule has 0 fully saturated rings. The number of benzene rings is 3. The lowest BCUT2D eigenvalue weighted by atomic mass is 10.2. The molecular weight excluding hydrogens is 411 g/mol. The Labute approximate surface area is 184 Å². The lowest BCUT2D eigenvalue weighted by molar-refractivity contribution is -0.116. The number of para-hydroxylation sites is 1. The molecule has 31 heavy (non-hydrogen) atoms. The lowest BCUT2D eigenvalue weighted by Crippen LogP contribution is -2.11. The highest BCUT2D eigenvalue weighted by Gasteiger charge is 2.16. The predicted molar refractivity (Wildman–Crippen MR) is 122 cm³/mol. The molecule has 3 aromatic carbocycles. The van der Waals surface area contributed by atoms with Crippen LogP contribution in [0.4, 0.5) is 10.1 Å². The van der Waals surface area contributed by atoms with Gasteiger partial charge in [-0.3, -0.25) is 9.36 Å². The zero-order valence-corrected chi connectivity index (χ0v) is 17.6. The van der Waals surface area contributed by atoms with Crippen LogP contribution in [0.1, 0.15) is 12.8 Å². The van der Waals surface area contributed by atoms with Gasteiger partial charge in [0.2, 0.25) is 5.91 Å². The Morgan fingerprint density at radius 3 is 2.29 bits per heavy atom. The Bertz CT molecular complexity index is 1130. The van der Waals surface area contributed by atoms with Crippen molar-refractivity contribution in [2.24, 2.45) is 0 Å². The summed E-state index contributed by atoms with van der Waals surface area (Å²) in [7, 11) is 0. The van der Waals surface area contributed by atoms with E-state index in [0.717, 1.165) is 28.0 Å². The molecule has 0 radical (unpaired) electrons. The number of halogens is 1. The number of amides is 1. The molecule has 0 unspecified atom stereocenters. The van der Waals surface area contributed by atoms with E-state index in [0.29, 0.717) is 18.5 Å². The first-order chi connectivity index (χ1) is 15.2. The monoisotopic (exact) mass is 432 g/mol. The number of thioether (sulfide) groups is 1. The highest BCUT2D eigenvalue weighted by atomic mass is 32.2. The van der Waals surface area contributed by atoms with Crippen LogP contribution in [-0.2, 0) is 4.79 Å². The summed E-state index contributed by atoms with van der Waals surface area (Å²) < 4.78 is 15.0. The van der Waals surface area contributed by atoms with Crippen LogP contribution in [0.15, 0.2) is 90.1 Å². The molecule has 0 saturated carbocycles. The Balaban J connectivity index is 1.41. The van der Waals surface area contributed by atoms with Crippen molar-refractivity contribution in [3.63, 3.8) is 0 Å². The summed E-state index contributed by atoms with van der Waals surface area (Å²) in [5.74, 6) is 1.08. The van der Waals surface area contributed by atoms with Crippen LogP contribution in [0.25, 0.3) is 17.1 Å². The van der Waals surface area contributed by atoms with E-state index in [4.69, 9.17) is 0 Å². The summed E-state index contributed by atoms with van der Waals surface area (Å²) in [5, 5.41) is 12.4. The highest BCUT2D eigenvalue weighted by Crippen LogP contribution is 2.28. The van der Waals surface area contributed by atoms with Gasteiger partial charge in [-0.1, -0.05) is 60.3 Å². The summed E-state index contributed by atoms with van der Waals surface area (Å²) in [4.78, 5) is 12.1. The smallest absolute Gasteiger partial charge is 0.224 e. The van der Waals surface area contributed by atoms with Crippen LogP contribution < -0.4 is 5.32 Å². The fraction of sp³-hybridized carbons (Fsp3) is 0.125. The molecule has 1 aromatic heterocycles. The van der Waals surface area contributed by atoms with E-state index >= 15 is 0 Å². The zero-order chi connectivity index (χ0) is 21.5. The van der Waals surface area contributed by atoms with Gasteiger partial charge in [0.25, 0.3) is 0 Å². The van der Waals surface area contributed by atoms with Gasteiger partial charge in [0, 0.05) is 29.1 Å². The molecule has 7 heteroatoms. The molecule has 0 spiro atoms. The highest BCUT2D eigenvalue weighted by molar-refractivity contribution is 7.99. The topological polar surface area (TPSA) is 59.8 Å². The third-order valence-electron chi connectivity index (χ3n) is 4.59. The van der Waals surface area contributed by atoms with Crippen molar-refractivity contribution in [3.8, 4) is 17.1 Å². The Hall–Kier alpha value is -3.45. The zero-order valence-electron chi connectivity index (χ0n) is 16.7. The number of rotatable bonds is 8. The van der Waals surface area contributed by atoms with Gasteiger partial charge >= 0.3 is 0 Å². The van der Waals surface area contributed by atoms with E-state index in [9.17, 15) is 9.18 Å². The van der Waals surface area contributed by atoms with E-state index < -0.39 is 0 Å². The minimum absolute atomic E-state index is 0.0956. The van der Waals surface area contributed by atoms with Crippen molar-refractivity contribution >= 4 is 23.4 Å². The van der Waals surface area contributed by atoms with Crippen molar-refractivity contribution in [2.75, 3.05) is 11.1 Å². The van der Waals surface area contributed by atoms with Crippen molar-refractivity contribution in [2.45, 2.75) is 18.0 Å². The third kappa shape index (κ3) is 5.38. The first kappa shape index (κ1) is 20.8. The molecule has 1 N–H and O–H groups in total. The predicted octanol–water partition coefficient (Wildman–Crippen LogP) is 5.58. The fourth-order valence-corrected chi connectivity index (χ4v) is 3.99. The summed E-state index contributed by atoms with van der Waals surface area (Å²) in [6.07, 6.45) is 1.05. The molecule has 156 valence electrons. The largest absolute Gasteiger partial charge is 0.326 e. The van der Waals surface area contributed by atoms with Gasteiger partial charge < -0.3 is 5.32 Å². The van der Waals surface area contributed by atoms with Crippen LogP contribution in [0.2, 0.25) is 0 Å².